The van der Waals surface area contributed by atoms with E-state index in [9.17, 15) is 0 Å². The zero-order valence-corrected chi connectivity index (χ0v) is 34.2. The van der Waals surface area contributed by atoms with Gasteiger partial charge >= 0.3 is 0 Å². The summed E-state index contributed by atoms with van der Waals surface area (Å²) in [5, 5.41) is 7.55. The van der Waals surface area contributed by atoms with Gasteiger partial charge in [0.25, 0.3) is 0 Å². The summed E-state index contributed by atoms with van der Waals surface area (Å²) >= 11 is 0. The van der Waals surface area contributed by atoms with Gasteiger partial charge in [-0.1, -0.05) is 146 Å². The number of fused-ring (bicyclic) bond motifs is 14. The second kappa shape index (κ2) is 13.1. The van der Waals surface area contributed by atoms with Gasteiger partial charge in [0.2, 0.25) is 0 Å². The molecule has 0 radical (unpaired) electrons. The van der Waals surface area contributed by atoms with Crippen molar-refractivity contribution in [3.63, 3.8) is 0 Å². The highest BCUT2D eigenvalue weighted by molar-refractivity contribution is 6.21. The number of benzene rings is 10. The SMILES string of the molecule is c1ccc(-n2c3ccccc3c3c(-c4ccc5c(c4)-c4ccccc4-c4cc(-c6cccc7c6c6ccccc6n7-c6ccccc6)cc6c7ccccc7n-5c46)cccc32)cc1. The fourth-order valence-electron chi connectivity index (χ4n) is 11.0. The molecule has 0 atom stereocenters. The molecular weight excluding hydrogens is 763 g/mol. The van der Waals surface area contributed by atoms with Gasteiger partial charge in [-0.15, -0.1) is 0 Å². The lowest BCUT2D eigenvalue weighted by Gasteiger charge is -2.15. The minimum absolute atomic E-state index is 1.16. The Bertz CT molecular complexity index is 4010. The van der Waals surface area contributed by atoms with Crippen molar-refractivity contribution in [1.82, 2.24) is 13.7 Å². The van der Waals surface area contributed by atoms with E-state index in [0.29, 0.717) is 0 Å². The topological polar surface area (TPSA) is 14.8 Å². The van der Waals surface area contributed by atoms with Crippen molar-refractivity contribution < 1.29 is 0 Å². The fraction of sp³-hybridized carbons (Fsp3) is 0. The van der Waals surface area contributed by atoms with Crippen LogP contribution in [0.1, 0.15) is 0 Å². The van der Waals surface area contributed by atoms with Crippen LogP contribution in [0.2, 0.25) is 0 Å². The van der Waals surface area contributed by atoms with Gasteiger partial charge in [-0.2, -0.15) is 0 Å². The van der Waals surface area contributed by atoms with Crippen molar-refractivity contribution in [1.29, 1.82) is 0 Å². The number of rotatable bonds is 4. The fourth-order valence-corrected chi connectivity index (χ4v) is 11.0. The van der Waals surface area contributed by atoms with Crippen LogP contribution in [0.4, 0.5) is 0 Å². The molecule has 0 bridgehead atoms. The van der Waals surface area contributed by atoms with Crippen LogP contribution >= 0.6 is 0 Å². The second-order valence-corrected chi connectivity index (χ2v) is 16.8. The lowest BCUT2D eigenvalue weighted by Crippen LogP contribution is -1.96. The van der Waals surface area contributed by atoms with E-state index in [-0.39, 0.29) is 0 Å². The monoisotopic (exact) mass is 799 g/mol. The van der Waals surface area contributed by atoms with Gasteiger partial charge in [0.05, 0.1) is 38.8 Å². The first-order chi connectivity index (χ1) is 31.3. The van der Waals surface area contributed by atoms with Gasteiger partial charge in [-0.05, 0) is 112 Å². The first kappa shape index (κ1) is 34.3. The number of hydrogen-bond donors (Lipinski definition) is 0. The first-order valence-corrected chi connectivity index (χ1v) is 21.8. The number of hydrogen-bond acceptors (Lipinski definition) is 0. The number of para-hydroxylation sites is 5. The molecule has 3 nitrogen and oxygen atoms in total. The summed E-state index contributed by atoms with van der Waals surface area (Å²) in [7, 11) is 0. The van der Waals surface area contributed by atoms with Gasteiger partial charge in [-0.25, -0.2) is 0 Å². The summed E-state index contributed by atoms with van der Waals surface area (Å²) in [6.07, 6.45) is 0. The summed E-state index contributed by atoms with van der Waals surface area (Å²) in [5.41, 5.74) is 20.6. The van der Waals surface area contributed by atoms with E-state index in [1.165, 1.54) is 116 Å². The molecule has 63 heavy (non-hydrogen) atoms. The van der Waals surface area contributed by atoms with E-state index >= 15 is 0 Å². The maximum absolute atomic E-state index is 2.53. The van der Waals surface area contributed by atoms with E-state index in [0.717, 1.165) is 11.4 Å². The smallest absolute Gasteiger partial charge is 0.0620 e. The Hall–Kier alpha value is -8.40. The van der Waals surface area contributed by atoms with Crippen LogP contribution in [-0.4, -0.2) is 13.7 Å². The summed E-state index contributed by atoms with van der Waals surface area (Å²) in [6.45, 7) is 0. The molecule has 1 aliphatic rings. The molecule has 3 heteroatoms. The zero-order chi connectivity index (χ0) is 41.2. The lowest BCUT2D eigenvalue weighted by molar-refractivity contribution is 1.18. The molecule has 0 spiro atoms. The Labute approximate surface area is 363 Å². The van der Waals surface area contributed by atoms with Crippen LogP contribution < -0.4 is 0 Å². The summed E-state index contributed by atoms with van der Waals surface area (Å²) in [4.78, 5) is 0. The first-order valence-electron chi connectivity index (χ1n) is 21.8. The standard InChI is InChI=1S/C60H37N3/c1-3-17-40(18-4-1)61-53-29-13-10-24-47(53)58-42(26-15-31-56(58)61)38-33-34-55-49(35-38)44-21-7-8-22-45(44)50-36-39(37-51-46-23-9-12-28-52(46)63(55)60(50)51)43-27-16-32-57-59(43)48-25-11-14-30-54(48)62(57)41-19-5-2-6-20-41/h1-37H. The Morgan fingerprint density at radius 1 is 0.238 bits per heavy atom. The zero-order valence-electron chi connectivity index (χ0n) is 34.2. The van der Waals surface area contributed by atoms with E-state index in [1.807, 2.05) is 0 Å². The Morgan fingerprint density at radius 3 is 1.29 bits per heavy atom. The molecule has 3 aromatic heterocycles. The minimum atomic E-state index is 1.16. The summed E-state index contributed by atoms with van der Waals surface area (Å²) < 4.78 is 7.35. The Kier molecular flexibility index (Phi) is 7.11. The molecule has 0 saturated carbocycles. The highest BCUT2D eigenvalue weighted by Crippen LogP contribution is 2.50. The maximum atomic E-state index is 2.53. The highest BCUT2D eigenvalue weighted by Gasteiger charge is 2.27. The van der Waals surface area contributed by atoms with Crippen molar-refractivity contribution in [2.75, 3.05) is 0 Å². The minimum Gasteiger partial charge on any atom is -0.309 e. The van der Waals surface area contributed by atoms with Crippen LogP contribution in [0.3, 0.4) is 0 Å². The summed E-state index contributed by atoms with van der Waals surface area (Å²) in [5.74, 6) is 0. The number of aromatic nitrogens is 3. The Morgan fingerprint density at radius 2 is 0.683 bits per heavy atom. The van der Waals surface area contributed by atoms with Gasteiger partial charge in [0.1, 0.15) is 0 Å². The molecule has 14 rings (SSSR count). The average Bonchev–Trinajstić information content (AvgIpc) is 3.97. The van der Waals surface area contributed by atoms with Gasteiger partial charge in [0.15, 0.2) is 0 Å². The molecule has 0 saturated heterocycles. The van der Waals surface area contributed by atoms with Crippen LogP contribution in [0, 0.1) is 0 Å². The lowest BCUT2D eigenvalue weighted by atomic mass is 9.89. The Balaban J connectivity index is 1.04. The van der Waals surface area contributed by atoms with Crippen molar-refractivity contribution in [2.45, 2.75) is 0 Å². The van der Waals surface area contributed by atoms with Crippen LogP contribution in [0.25, 0.3) is 127 Å². The van der Waals surface area contributed by atoms with E-state index < -0.39 is 0 Å². The molecule has 0 fully saturated rings. The highest BCUT2D eigenvalue weighted by atomic mass is 15.0. The maximum Gasteiger partial charge on any atom is 0.0620 e. The molecule has 4 heterocycles. The normalized spacial score (nSPS) is 12.1. The third-order valence-corrected chi connectivity index (χ3v) is 13.6. The molecule has 0 amide bonds. The van der Waals surface area contributed by atoms with Crippen molar-refractivity contribution >= 4 is 65.4 Å². The molecular formula is C60H37N3. The molecule has 0 N–H and O–H groups in total. The van der Waals surface area contributed by atoms with Crippen molar-refractivity contribution in [2.24, 2.45) is 0 Å². The molecule has 0 unspecified atom stereocenters. The molecule has 13 aromatic rings. The summed E-state index contributed by atoms with van der Waals surface area (Å²) in [6, 6.07) is 82.8. The average molecular weight is 800 g/mol. The van der Waals surface area contributed by atoms with E-state index in [2.05, 4.69) is 238 Å². The predicted octanol–water partition coefficient (Wildman–Crippen LogP) is 16.0. The third-order valence-electron chi connectivity index (χ3n) is 13.6. The molecule has 0 aliphatic carbocycles. The van der Waals surface area contributed by atoms with E-state index in [1.54, 1.807) is 0 Å². The van der Waals surface area contributed by atoms with Crippen LogP contribution in [0.5, 0.6) is 0 Å². The van der Waals surface area contributed by atoms with Gasteiger partial charge in [0, 0.05) is 54.8 Å². The van der Waals surface area contributed by atoms with Gasteiger partial charge < -0.3 is 13.7 Å². The molecule has 1 aliphatic heterocycles. The van der Waals surface area contributed by atoms with Gasteiger partial charge in [-0.3, -0.25) is 0 Å². The van der Waals surface area contributed by atoms with E-state index in [4.69, 9.17) is 0 Å². The largest absolute Gasteiger partial charge is 0.309 e. The third kappa shape index (κ3) is 4.79. The molecule has 10 aromatic carbocycles. The second-order valence-electron chi connectivity index (χ2n) is 16.8. The van der Waals surface area contributed by atoms with Crippen LogP contribution in [-0.2, 0) is 0 Å². The van der Waals surface area contributed by atoms with Crippen LogP contribution in [0.15, 0.2) is 224 Å². The van der Waals surface area contributed by atoms with Crippen molar-refractivity contribution in [3.8, 4) is 61.6 Å². The quantitative estimate of drug-likeness (QED) is 0.168. The predicted molar refractivity (Wildman–Crippen MR) is 265 cm³/mol. The molecule has 292 valence electrons. The number of nitrogens with zero attached hydrogens (tertiary/aromatic N) is 3. The van der Waals surface area contributed by atoms with Crippen molar-refractivity contribution in [3.05, 3.63) is 224 Å².